The third-order valence-electron chi connectivity index (χ3n) is 10.3. The molecule has 0 N–H and O–H groups in total. The molecular formula is C40H48N6O5. The van der Waals surface area contributed by atoms with Crippen LogP contribution in [0, 0.1) is 0 Å². The summed E-state index contributed by atoms with van der Waals surface area (Å²) in [5.74, 6) is 1.71. The van der Waals surface area contributed by atoms with Gasteiger partial charge in [0.1, 0.15) is 18.0 Å². The molecule has 0 radical (unpaired) electrons. The van der Waals surface area contributed by atoms with Gasteiger partial charge in [-0.2, -0.15) is 5.10 Å². The molecule has 0 aliphatic carbocycles. The van der Waals surface area contributed by atoms with E-state index in [2.05, 4.69) is 44.5 Å². The first kappa shape index (κ1) is 33.8. The van der Waals surface area contributed by atoms with Crippen molar-refractivity contribution in [1.82, 2.24) is 29.2 Å². The molecule has 6 heterocycles. The molecule has 1 atom stereocenters. The number of rotatable bonds is 10. The van der Waals surface area contributed by atoms with Crippen molar-refractivity contribution >= 4 is 27.9 Å². The fraction of sp³-hybridized carbons (Fsp3) is 0.500. The van der Waals surface area contributed by atoms with Gasteiger partial charge < -0.3 is 23.5 Å². The lowest BCUT2D eigenvalue weighted by Gasteiger charge is -2.32. The molecule has 3 aliphatic heterocycles. The number of hydrogen-bond acceptors (Lipinski definition) is 9. The summed E-state index contributed by atoms with van der Waals surface area (Å²) in [5.41, 5.74) is 5.16. The number of piperidine rings is 1. The summed E-state index contributed by atoms with van der Waals surface area (Å²) in [4.78, 5) is 25.4. The average molecular weight is 693 g/mol. The maximum Gasteiger partial charge on any atom is 0.338 e. The second-order valence-electron chi connectivity index (χ2n) is 15.2. The minimum absolute atomic E-state index is 0.168. The zero-order valence-corrected chi connectivity index (χ0v) is 29.9. The average Bonchev–Trinajstić information content (AvgIpc) is 3.69. The van der Waals surface area contributed by atoms with Gasteiger partial charge in [-0.1, -0.05) is 18.2 Å². The van der Waals surface area contributed by atoms with E-state index in [1.54, 1.807) is 0 Å². The van der Waals surface area contributed by atoms with E-state index in [1.807, 2.05) is 51.2 Å². The van der Waals surface area contributed by atoms with E-state index in [4.69, 9.17) is 34.0 Å². The molecule has 3 aromatic heterocycles. The third kappa shape index (κ3) is 7.66. The molecule has 0 spiro atoms. The second kappa shape index (κ2) is 14.4. The Morgan fingerprint density at radius 2 is 1.75 bits per heavy atom. The zero-order valence-electron chi connectivity index (χ0n) is 29.9. The summed E-state index contributed by atoms with van der Waals surface area (Å²) in [5, 5.41) is 5.85. The van der Waals surface area contributed by atoms with Crippen LogP contribution in [0.5, 0.6) is 5.88 Å². The molecule has 11 heteroatoms. The van der Waals surface area contributed by atoms with Crippen LogP contribution >= 0.6 is 0 Å². The van der Waals surface area contributed by atoms with E-state index in [-0.39, 0.29) is 12.1 Å². The molecule has 3 aliphatic rings. The van der Waals surface area contributed by atoms with Crippen LogP contribution in [0.3, 0.4) is 0 Å². The van der Waals surface area contributed by atoms with E-state index in [1.165, 1.54) is 0 Å². The minimum atomic E-state index is -0.556. The van der Waals surface area contributed by atoms with Crippen LogP contribution in [0.25, 0.3) is 21.9 Å². The summed E-state index contributed by atoms with van der Waals surface area (Å²) in [6.45, 7) is 11.8. The molecule has 0 saturated carbocycles. The first-order valence-electron chi connectivity index (χ1n) is 18.5. The molecule has 3 fully saturated rings. The molecule has 11 nitrogen and oxygen atoms in total. The van der Waals surface area contributed by atoms with Gasteiger partial charge in [0.05, 0.1) is 53.5 Å². The number of carbonyl (C=O) groups excluding carboxylic acids is 1. The topological polar surface area (TPSA) is 106 Å². The lowest BCUT2D eigenvalue weighted by Crippen LogP contribution is -2.35. The minimum Gasteiger partial charge on any atom is -0.473 e. The monoisotopic (exact) mass is 692 g/mol. The van der Waals surface area contributed by atoms with E-state index in [0.29, 0.717) is 30.0 Å². The van der Waals surface area contributed by atoms with Gasteiger partial charge in [-0.3, -0.25) is 9.58 Å². The first-order chi connectivity index (χ1) is 24.8. The Morgan fingerprint density at radius 3 is 2.51 bits per heavy atom. The molecule has 0 bridgehead atoms. The summed E-state index contributed by atoms with van der Waals surface area (Å²) < 4.78 is 27.7. The van der Waals surface area contributed by atoms with E-state index in [9.17, 15) is 4.79 Å². The normalized spacial score (nSPS) is 19.4. The van der Waals surface area contributed by atoms with E-state index >= 15 is 0 Å². The van der Waals surface area contributed by atoms with Crippen LogP contribution in [0.1, 0.15) is 92.3 Å². The third-order valence-corrected chi connectivity index (χ3v) is 10.3. The van der Waals surface area contributed by atoms with Crippen molar-refractivity contribution < 1.29 is 23.7 Å². The highest BCUT2D eigenvalue weighted by atomic mass is 16.6. The molecule has 1 unspecified atom stereocenters. The molecule has 2 aromatic carbocycles. The fourth-order valence-electron chi connectivity index (χ4n) is 7.47. The molecule has 5 aromatic rings. The quantitative estimate of drug-likeness (QED) is 0.146. The van der Waals surface area contributed by atoms with Crippen LogP contribution in [0.15, 0.2) is 60.8 Å². The predicted octanol–water partition coefficient (Wildman–Crippen LogP) is 6.84. The highest BCUT2D eigenvalue weighted by Gasteiger charge is 2.27. The Kier molecular flexibility index (Phi) is 9.52. The van der Waals surface area contributed by atoms with Gasteiger partial charge in [0, 0.05) is 42.9 Å². The molecule has 0 amide bonds. The van der Waals surface area contributed by atoms with Crippen LogP contribution in [0.2, 0.25) is 0 Å². The van der Waals surface area contributed by atoms with Gasteiger partial charge >= 0.3 is 5.97 Å². The summed E-state index contributed by atoms with van der Waals surface area (Å²) in [6.07, 6.45) is 7.15. The van der Waals surface area contributed by atoms with Crippen LogP contribution in [-0.4, -0.2) is 79.8 Å². The maximum atomic E-state index is 12.9. The Labute approximate surface area is 298 Å². The molecule has 8 rings (SSSR count). The highest BCUT2D eigenvalue weighted by Crippen LogP contribution is 2.31. The Hall–Kier alpha value is -4.32. The smallest absolute Gasteiger partial charge is 0.338 e. The van der Waals surface area contributed by atoms with Gasteiger partial charge in [-0.05, 0) is 102 Å². The highest BCUT2D eigenvalue weighted by molar-refractivity contribution is 5.94. The second-order valence-corrected chi connectivity index (χ2v) is 15.2. The number of esters is 1. The Balaban J connectivity index is 0.908. The summed E-state index contributed by atoms with van der Waals surface area (Å²) in [7, 11) is 0. The Bertz CT molecular complexity index is 2000. The van der Waals surface area contributed by atoms with Crippen LogP contribution < -0.4 is 4.74 Å². The van der Waals surface area contributed by atoms with Crippen molar-refractivity contribution in [2.45, 2.75) is 96.2 Å². The number of likely N-dealkylation sites (tertiary alicyclic amines) is 1. The first-order valence-corrected chi connectivity index (χ1v) is 18.5. The number of aromatic nitrogens is 5. The van der Waals surface area contributed by atoms with Gasteiger partial charge in [0.25, 0.3) is 0 Å². The SMILES string of the molecule is CC(C)(C)OC(=O)c1ccc2nc(CN3CCC(c4cccc(OCc5ccc6cnn(C7CCOCC7)c6c5)n4)CC3)n(CC3CCO3)c2c1. The Morgan fingerprint density at radius 1 is 0.922 bits per heavy atom. The molecular weight excluding hydrogens is 644 g/mol. The standard InChI is InChI=1S/C40H48N6O5/c1-40(2,3)51-39(47)29-9-10-34-36(22-29)45(24-32-15-20-49-32)37(42-34)25-44-16-11-28(12-17-44)33-5-4-6-38(43-33)50-26-27-7-8-30-23-41-46(35(30)21-27)31-13-18-48-19-14-31/h4-10,21-23,28,31-32H,11-20,24-26H2,1-3H3. The molecule has 3 saturated heterocycles. The maximum absolute atomic E-state index is 12.9. The van der Waals surface area contributed by atoms with Crippen molar-refractivity contribution in [3.05, 3.63) is 83.4 Å². The summed E-state index contributed by atoms with van der Waals surface area (Å²) >= 11 is 0. The van der Waals surface area contributed by atoms with E-state index < -0.39 is 5.60 Å². The van der Waals surface area contributed by atoms with Gasteiger partial charge in [0.15, 0.2) is 0 Å². The number of ether oxygens (including phenoxy) is 4. The largest absolute Gasteiger partial charge is 0.473 e. The molecule has 268 valence electrons. The van der Waals surface area contributed by atoms with Crippen LogP contribution in [0.4, 0.5) is 0 Å². The lowest BCUT2D eigenvalue weighted by molar-refractivity contribution is -0.0592. The number of benzene rings is 2. The van der Waals surface area contributed by atoms with Crippen molar-refractivity contribution in [1.29, 1.82) is 0 Å². The zero-order chi connectivity index (χ0) is 35.0. The number of pyridine rings is 1. The van der Waals surface area contributed by atoms with Gasteiger partial charge in [-0.15, -0.1) is 0 Å². The predicted molar refractivity (Wildman–Crippen MR) is 194 cm³/mol. The number of carbonyl (C=O) groups is 1. The van der Waals surface area contributed by atoms with Gasteiger partial charge in [0.2, 0.25) is 5.88 Å². The van der Waals surface area contributed by atoms with Crippen molar-refractivity contribution in [2.24, 2.45) is 0 Å². The van der Waals surface area contributed by atoms with Crippen molar-refractivity contribution in [2.75, 3.05) is 32.9 Å². The van der Waals surface area contributed by atoms with Crippen molar-refractivity contribution in [3.8, 4) is 5.88 Å². The number of hydrogen-bond donors (Lipinski definition) is 0. The fourth-order valence-corrected chi connectivity index (χ4v) is 7.47. The number of nitrogens with zero attached hydrogens (tertiary/aromatic N) is 6. The summed E-state index contributed by atoms with van der Waals surface area (Å²) in [6, 6.07) is 18.6. The van der Waals surface area contributed by atoms with Crippen molar-refractivity contribution in [3.63, 3.8) is 0 Å². The number of imidazole rings is 1. The molecule has 51 heavy (non-hydrogen) atoms. The van der Waals surface area contributed by atoms with Gasteiger partial charge in [-0.25, -0.2) is 14.8 Å². The lowest BCUT2D eigenvalue weighted by atomic mass is 9.93. The van der Waals surface area contributed by atoms with Crippen LogP contribution in [-0.2, 0) is 33.9 Å². The number of fused-ring (bicyclic) bond motifs is 2. The van der Waals surface area contributed by atoms with E-state index in [0.717, 1.165) is 117 Å².